The molecular weight excluding hydrogens is 272 g/mol. The first-order chi connectivity index (χ1) is 9.00. The van der Waals surface area contributed by atoms with Gasteiger partial charge in [0.15, 0.2) is 0 Å². The Morgan fingerprint density at radius 1 is 0.737 bits per heavy atom. The number of hydrogen-bond donors (Lipinski definition) is 0. The summed E-state index contributed by atoms with van der Waals surface area (Å²) in [5, 5.41) is 20.6. The van der Waals surface area contributed by atoms with Gasteiger partial charge >= 0.3 is 0 Å². The molecule has 0 atom stereocenters. The van der Waals surface area contributed by atoms with Gasteiger partial charge in [0, 0.05) is 29.3 Å². The summed E-state index contributed by atoms with van der Waals surface area (Å²) in [7, 11) is 0. The van der Waals surface area contributed by atoms with E-state index in [0.717, 1.165) is 0 Å². The van der Waals surface area contributed by atoms with Gasteiger partial charge in [0.05, 0.1) is 9.85 Å². The average Bonchev–Trinajstić information content (AvgIpc) is 2.41. The van der Waals surface area contributed by atoms with Crippen molar-refractivity contribution in [1.29, 1.82) is 0 Å². The van der Waals surface area contributed by atoms with Gasteiger partial charge in [0.2, 0.25) is 0 Å². The summed E-state index contributed by atoms with van der Waals surface area (Å²) >= 11 is 5.49. The van der Waals surface area contributed by atoms with E-state index in [9.17, 15) is 20.2 Å². The number of halogens is 1. The normalized spacial score (nSPS) is 9.11. The number of non-ortho nitro benzene ring substituents is 2. The zero-order chi connectivity index (χ0) is 14.3. The molecule has 0 aliphatic heterocycles. The summed E-state index contributed by atoms with van der Waals surface area (Å²) in [5.74, 6) is 0. The summed E-state index contributed by atoms with van der Waals surface area (Å²) in [4.78, 5) is 19.2. The first-order valence-corrected chi connectivity index (χ1v) is 5.48. The van der Waals surface area contributed by atoms with Crippen LogP contribution in [0.2, 0.25) is 5.02 Å². The van der Waals surface area contributed by atoms with Crippen LogP contribution in [-0.4, -0.2) is 9.85 Å². The van der Waals surface area contributed by atoms with E-state index in [4.69, 9.17) is 11.6 Å². The molecule has 0 fully saturated rings. The van der Waals surface area contributed by atoms with Gasteiger partial charge in [0.25, 0.3) is 11.4 Å². The van der Waals surface area contributed by atoms with Crippen LogP contribution in [0.15, 0.2) is 54.6 Å². The van der Waals surface area contributed by atoms with Crippen LogP contribution in [0, 0.1) is 20.2 Å². The highest BCUT2D eigenvalue weighted by molar-refractivity contribution is 6.30. The van der Waals surface area contributed by atoms with E-state index in [2.05, 4.69) is 0 Å². The topological polar surface area (TPSA) is 86.3 Å². The number of hydrogen-bond acceptors (Lipinski definition) is 4. The molecule has 0 spiro atoms. The van der Waals surface area contributed by atoms with Crippen LogP contribution in [0.25, 0.3) is 0 Å². The lowest BCUT2D eigenvalue weighted by Crippen LogP contribution is -1.85. The number of rotatable bonds is 2. The molecule has 0 heterocycles. The van der Waals surface area contributed by atoms with Crippen molar-refractivity contribution in [1.82, 2.24) is 0 Å². The minimum Gasteiger partial charge on any atom is -0.258 e. The molecule has 2 aromatic carbocycles. The summed E-state index contributed by atoms with van der Waals surface area (Å²) in [6.45, 7) is 0. The molecule has 0 aromatic heterocycles. The van der Waals surface area contributed by atoms with Crippen molar-refractivity contribution >= 4 is 23.0 Å². The van der Waals surface area contributed by atoms with Crippen molar-refractivity contribution in [3.8, 4) is 0 Å². The fourth-order valence-corrected chi connectivity index (χ4v) is 1.24. The fourth-order valence-electron chi connectivity index (χ4n) is 1.11. The van der Waals surface area contributed by atoms with Gasteiger partial charge in [-0.2, -0.15) is 0 Å². The van der Waals surface area contributed by atoms with Gasteiger partial charge in [0.1, 0.15) is 0 Å². The molecule has 2 aromatic rings. The van der Waals surface area contributed by atoms with E-state index in [-0.39, 0.29) is 11.4 Å². The lowest BCUT2D eigenvalue weighted by molar-refractivity contribution is -0.385. The van der Waals surface area contributed by atoms with Gasteiger partial charge < -0.3 is 0 Å². The molecule has 0 amide bonds. The maximum absolute atomic E-state index is 10.1. The van der Waals surface area contributed by atoms with Crippen molar-refractivity contribution < 1.29 is 9.85 Å². The molecule has 0 aliphatic rings. The second-order valence-corrected chi connectivity index (χ2v) is 3.76. The quantitative estimate of drug-likeness (QED) is 0.617. The number of benzene rings is 2. The van der Waals surface area contributed by atoms with Crippen LogP contribution in [-0.2, 0) is 0 Å². The standard InChI is InChI=1S/C6H4ClNO2.C6H5NO2/c7-5-1-3-6(4-2-5)8(9)10;8-7(9)6-4-2-1-3-5-6/h1-4H;1-5H. The first-order valence-electron chi connectivity index (χ1n) is 5.10. The van der Waals surface area contributed by atoms with Crippen molar-refractivity contribution in [2.24, 2.45) is 0 Å². The average molecular weight is 281 g/mol. The van der Waals surface area contributed by atoms with Crippen LogP contribution in [0.1, 0.15) is 0 Å². The summed E-state index contributed by atoms with van der Waals surface area (Å²) < 4.78 is 0. The Bertz CT molecular complexity index is 558. The molecule has 6 nitrogen and oxygen atoms in total. The zero-order valence-corrected chi connectivity index (χ0v) is 10.4. The predicted octanol–water partition coefficient (Wildman–Crippen LogP) is 3.84. The van der Waals surface area contributed by atoms with Crippen LogP contribution in [0.3, 0.4) is 0 Å². The second kappa shape index (κ2) is 7.07. The number of para-hydroxylation sites is 1. The Hall–Kier alpha value is -2.47. The van der Waals surface area contributed by atoms with E-state index in [1.165, 1.54) is 36.4 Å². The molecule has 2 rings (SSSR count). The molecule has 0 radical (unpaired) electrons. The number of nitro benzene ring substituents is 2. The Balaban J connectivity index is 0.000000191. The molecule has 19 heavy (non-hydrogen) atoms. The van der Waals surface area contributed by atoms with Crippen molar-refractivity contribution in [2.45, 2.75) is 0 Å². The largest absolute Gasteiger partial charge is 0.269 e. The molecule has 0 unspecified atom stereocenters. The Labute approximate surface area is 113 Å². The van der Waals surface area contributed by atoms with Crippen LogP contribution >= 0.6 is 11.6 Å². The van der Waals surface area contributed by atoms with E-state index < -0.39 is 9.85 Å². The monoisotopic (exact) mass is 280 g/mol. The first kappa shape index (κ1) is 14.6. The van der Waals surface area contributed by atoms with Gasteiger partial charge in [-0.25, -0.2) is 0 Å². The Morgan fingerprint density at radius 3 is 1.53 bits per heavy atom. The Kier molecular flexibility index (Phi) is 5.43. The maximum atomic E-state index is 10.1. The van der Waals surface area contributed by atoms with Crippen LogP contribution in [0.5, 0.6) is 0 Å². The highest BCUT2D eigenvalue weighted by Crippen LogP contribution is 2.14. The summed E-state index contributed by atoms with van der Waals surface area (Å²) in [6.07, 6.45) is 0. The third-order valence-electron chi connectivity index (χ3n) is 2.00. The molecule has 98 valence electrons. The minimum absolute atomic E-state index is 0.0596. The third kappa shape index (κ3) is 5.13. The molecular formula is C12H9ClN2O4. The maximum Gasteiger partial charge on any atom is 0.269 e. The number of nitro groups is 2. The fraction of sp³-hybridized carbons (Fsp3) is 0. The van der Waals surface area contributed by atoms with Gasteiger partial charge in [-0.3, -0.25) is 20.2 Å². The van der Waals surface area contributed by atoms with Crippen LogP contribution < -0.4 is 0 Å². The SMILES string of the molecule is O=[N+]([O-])c1ccc(Cl)cc1.O=[N+]([O-])c1ccccc1. The van der Waals surface area contributed by atoms with Crippen molar-refractivity contribution in [3.63, 3.8) is 0 Å². The minimum atomic E-state index is -0.462. The molecule has 0 saturated carbocycles. The highest BCUT2D eigenvalue weighted by atomic mass is 35.5. The van der Waals surface area contributed by atoms with Crippen LogP contribution in [0.4, 0.5) is 11.4 Å². The molecule has 0 aliphatic carbocycles. The molecule has 0 bridgehead atoms. The lowest BCUT2D eigenvalue weighted by Gasteiger charge is -1.88. The lowest BCUT2D eigenvalue weighted by atomic mass is 10.3. The van der Waals surface area contributed by atoms with Gasteiger partial charge in [-0.15, -0.1) is 0 Å². The summed E-state index contributed by atoms with van der Waals surface area (Å²) in [5.41, 5.74) is 0.196. The Morgan fingerprint density at radius 2 is 1.16 bits per heavy atom. The molecule has 0 saturated heterocycles. The van der Waals surface area contributed by atoms with E-state index in [0.29, 0.717) is 5.02 Å². The predicted molar refractivity (Wildman–Crippen MR) is 71.2 cm³/mol. The van der Waals surface area contributed by atoms with Crippen molar-refractivity contribution in [3.05, 3.63) is 79.8 Å². The molecule has 7 heteroatoms. The molecule has 0 N–H and O–H groups in total. The number of nitrogens with zero attached hydrogens (tertiary/aromatic N) is 2. The second-order valence-electron chi connectivity index (χ2n) is 3.33. The smallest absolute Gasteiger partial charge is 0.258 e. The van der Waals surface area contributed by atoms with Crippen molar-refractivity contribution in [2.75, 3.05) is 0 Å². The van der Waals surface area contributed by atoms with E-state index in [1.807, 2.05) is 0 Å². The van der Waals surface area contributed by atoms with E-state index >= 15 is 0 Å². The van der Waals surface area contributed by atoms with E-state index in [1.54, 1.807) is 18.2 Å². The highest BCUT2D eigenvalue weighted by Gasteiger charge is 2.01. The summed E-state index contributed by atoms with van der Waals surface area (Å²) in [6, 6.07) is 13.6. The zero-order valence-electron chi connectivity index (χ0n) is 9.60. The van der Waals surface area contributed by atoms with Gasteiger partial charge in [-0.1, -0.05) is 29.8 Å². The van der Waals surface area contributed by atoms with Gasteiger partial charge in [-0.05, 0) is 12.1 Å². The third-order valence-corrected chi connectivity index (χ3v) is 2.26.